The van der Waals surface area contributed by atoms with Gasteiger partial charge in [-0.25, -0.2) is 0 Å². The van der Waals surface area contributed by atoms with Crippen LogP contribution in [0.15, 0.2) is 59.6 Å². The fraction of sp³-hybridized carbons (Fsp3) is 0.440. The van der Waals surface area contributed by atoms with Crippen molar-refractivity contribution >= 4 is 17.6 Å². The van der Waals surface area contributed by atoms with Crippen LogP contribution >= 0.6 is 0 Å². The Hall–Kier alpha value is -3.06. The quantitative estimate of drug-likeness (QED) is 0.302. The Morgan fingerprint density at radius 2 is 1.88 bits per heavy atom. The van der Waals surface area contributed by atoms with E-state index in [1.54, 1.807) is 0 Å². The minimum absolute atomic E-state index is 0.0990. The van der Waals surface area contributed by atoms with E-state index in [1.165, 1.54) is 25.3 Å². The molecule has 1 amide bonds. The van der Waals surface area contributed by atoms with Crippen molar-refractivity contribution in [3.63, 3.8) is 0 Å². The average molecular weight is 438 g/mol. The van der Waals surface area contributed by atoms with E-state index < -0.39 is 0 Å². The van der Waals surface area contributed by atoms with Crippen molar-refractivity contribution in [2.24, 2.45) is 4.99 Å². The highest BCUT2D eigenvalue weighted by atomic mass is 16.5. The lowest BCUT2D eigenvalue weighted by atomic mass is 10.1. The van der Waals surface area contributed by atoms with Crippen LogP contribution in [0, 0.1) is 0 Å². The van der Waals surface area contributed by atoms with Crippen molar-refractivity contribution in [3.05, 3.63) is 60.2 Å². The maximum absolute atomic E-state index is 11.2. The molecule has 32 heavy (non-hydrogen) atoms. The van der Waals surface area contributed by atoms with Crippen molar-refractivity contribution in [3.8, 4) is 5.75 Å². The van der Waals surface area contributed by atoms with Gasteiger partial charge in [-0.3, -0.25) is 14.7 Å². The van der Waals surface area contributed by atoms with E-state index >= 15 is 0 Å². The molecule has 1 saturated heterocycles. The molecule has 3 N–H and O–H groups in total. The molecule has 1 atom stereocenters. The van der Waals surface area contributed by atoms with Crippen LogP contribution in [-0.4, -0.2) is 56.1 Å². The van der Waals surface area contributed by atoms with E-state index in [-0.39, 0.29) is 5.91 Å². The van der Waals surface area contributed by atoms with Crippen LogP contribution in [0.3, 0.4) is 0 Å². The van der Waals surface area contributed by atoms with Gasteiger partial charge in [0.2, 0.25) is 5.91 Å². The Balaban J connectivity index is 1.54. The van der Waals surface area contributed by atoms with Crippen molar-refractivity contribution in [2.75, 3.05) is 44.6 Å². The second-order valence-electron chi connectivity index (χ2n) is 7.87. The number of likely N-dealkylation sites (tertiary alicyclic amines) is 1. The minimum Gasteiger partial charge on any atom is -0.492 e. The smallest absolute Gasteiger partial charge is 0.221 e. The third kappa shape index (κ3) is 7.57. The second kappa shape index (κ2) is 12.7. The fourth-order valence-electron chi connectivity index (χ4n) is 3.88. The van der Waals surface area contributed by atoms with Crippen LogP contribution in [0.25, 0.3) is 0 Å². The van der Waals surface area contributed by atoms with Crippen LogP contribution in [0.1, 0.15) is 38.3 Å². The lowest BCUT2D eigenvalue weighted by Crippen LogP contribution is -2.40. The Kier molecular flexibility index (Phi) is 9.37. The predicted molar refractivity (Wildman–Crippen MR) is 130 cm³/mol. The number of carbonyl (C=O) groups excluding carboxylic acids is 1. The van der Waals surface area contributed by atoms with Gasteiger partial charge >= 0.3 is 0 Å². The zero-order valence-electron chi connectivity index (χ0n) is 19.1. The number of nitrogens with zero attached hydrogens (tertiary/aromatic N) is 2. The molecule has 0 saturated carbocycles. The third-order valence-electron chi connectivity index (χ3n) is 5.35. The van der Waals surface area contributed by atoms with Crippen molar-refractivity contribution < 1.29 is 9.53 Å². The van der Waals surface area contributed by atoms with Gasteiger partial charge in [0, 0.05) is 25.2 Å². The standard InChI is InChI=1S/C25H35N5O2/c1-3-26-25(27-14-17-32-23-13-9-12-22(18-23)29-20(2)31)28-19-24(30-15-7-8-16-30)21-10-5-4-6-11-21/h4-6,9-13,18,24H,3,7-8,14-17,19H2,1-2H3,(H,29,31)(H2,26,27,28). The van der Waals surface area contributed by atoms with Gasteiger partial charge in [0.25, 0.3) is 0 Å². The summed E-state index contributed by atoms with van der Waals surface area (Å²) in [6.45, 7) is 8.43. The number of guanidine groups is 1. The Labute approximate surface area is 191 Å². The molecule has 3 rings (SSSR count). The third-order valence-corrected chi connectivity index (χ3v) is 5.35. The van der Waals surface area contributed by atoms with E-state index in [2.05, 4.69) is 58.1 Å². The zero-order valence-corrected chi connectivity index (χ0v) is 19.1. The summed E-state index contributed by atoms with van der Waals surface area (Å²) in [5, 5.41) is 9.45. The second-order valence-corrected chi connectivity index (χ2v) is 7.87. The minimum atomic E-state index is -0.0990. The van der Waals surface area contributed by atoms with E-state index in [1.807, 2.05) is 24.3 Å². The molecule has 1 aliphatic rings. The first-order valence-electron chi connectivity index (χ1n) is 11.5. The highest BCUT2D eigenvalue weighted by Gasteiger charge is 2.23. The number of carbonyl (C=O) groups is 1. The molecule has 0 aliphatic carbocycles. The predicted octanol–water partition coefficient (Wildman–Crippen LogP) is 3.42. The fourth-order valence-corrected chi connectivity index (χ4v) is 3.88. The van der Waals surface area contributed by atoms with Gasteiger partial charge in [-0.2, -0.15) is 0 Å². The van der Waals surface area contributed by atoms with Crippen molar-refractivity contribution in [1.82, 2.24) is 15.5 Å². The molecule has 0 spiro atoms. The molecular weight excluding hydrogens is 402 g/mol. The number of hydrogen-bond donors (Lipinski definition) is 3. The summed E-state index contributed by atoms with van der Waals surface area (Å²) in [6, 6.07) is 18.4. The number of anilines is 1. The molecular formula is C25H35N5O2. The molecule has 0 radical (unpaired) electrons. The van der Waals surface area contributed by atoms with Gasteiger partial charge in [-0.15, -0.1) is 0 Å². The van der Waals surface area contributed by atoms with Gasteiger partial charge < -0.3 is 20.7 Å². The molecule has 0 bridgehead atoms. The maximum Gasteiger partial charge on any atom is 0.221 e. The summed E-state index contributed by atoms with van der Waals surface area (Å²) in [5.74, 6) is 1.42. The number of aliphatic imine (C=N–C) groups is 1. The number of amides is 1. The molecule has 2 aromatic carbocycles. The summed E-state index contributed by atoms with van der Waals surface area (Å²) in [5.41, 5.74) is 2.04. The Morgan fingerprint density at radius 1 is 1.09 bits per heavy atom. The monoisotopic (exact) mass is 437 g/mol. The van der Waals surface area contributed by atoms with E-state index in [0.717, 1.165) is 37.0 Å². The summed E-state index contributed by atoms with van der Waals surface area (Å²) in [4.78, 5) is 18.6. The molecule has 7 heteroatoms. The van der Waals surface area contributed by atoms with Crippen LogP contribution in [-0.2, 0) is 4.79 Å². The van der Waals surface area contributed by atoms with Gasteiger partial charge in [0.1, 0.15) is 12.4 Å². The maximum atomic E-state index is 11.2. The molecule has 172 valence electrons. The van der Waals surface area contributed by atoms with Crippen LogP contribution in [0.2, 0.25) is 0 Å². The Morgan fingerprint density at radius 3 is 2.59 bits per heavy atom. The average Bonchev–Trinajstić information content (AvgIpc) is 3.32. The number of rotatable bonds is 10. The highest BCUT2D eigenvalue weighted by molar-refractivity contribution is 5.88. The van der Waals surface area contributed by atoms with Gasteiger partial charge in [0.05, 0.1) is 19.1 Å². The normalized spacial score (nSPS) is 15.2. The summed E-state index contributed by atoms with van der Waals surface area (Å²) in [6.07, 6.45) is 2.51. The van der Waals surface area contributed by atoms with E-state index in [9.17, 15) is 4.79 Å². The summed E-state index contributed by atoms with van der Waals surface area (Å²) in [7, 11) is 0. The van der Waals surface area contributed by atoms with E-state index in [0.29, 0.717) is 25.7 Å². The molecule has 1 unspecified atom stereocenters. The molecule has 0 aromatic heterocycles. The van der Waals surface area contributed by atoms with Gasteiger partial charge in [-0.1, -0.05) is 36.4 Å². The van der Waals surface area contributed by atoms with Crippen molar-refractivity contribution in [2.45, 2.75) is 32.7 Å². The van der Waals surface area contributed by atoms with E-state index in [4.69, 9.17) is 9.73 Å². The first-order chi connectivity index (χ1) is 15.7. The van der Waals surface area contributed by atoms with Crippen LogP contribution in [0.5, 0.6) is 5.75 Å². The number of nitrogens with one attached hydrogen (secondary N) is 3. The molecule has 1 aliphatic heterocycles. The topological polar surface area (TPSA) is 78.0 Å². The highest BCUT2D eigenvalue weighted by Crippen LogP contribution is 2.25. The van der Waals surface area contributed by atoms with Gasteiger partial charge in [-0.05, 0) is 50.6 Å². The first kappa shape index (κ1) is 23.6. The van der Waals surface area contributed by atoms with Crippen LogP contribution < -0.4 is 20.7 Å². The zero-order chi connectivity index (χ0) is 22.6. The summed E-state index contributed by atoms with van der Waals surface area (Å²) < 4.78 is 5.83. The van der Waals surface area contributed by atoms with Crippen molar-refractivity contribution in [1.29, 1.82) is 0 Å². The number of hydrogen-bond acceptors (Lipinski definition) is 4. The van der Waals surface area contributed by atoms with Gasteiger partial charge in [0.15, 0.2) is 5.96 Å². The largest absolute Gasteiger partial charge is 0.492 e. The molecule has 2 aromatic rings. The summed E-state index contributed by atoms with van der Waals surface area (Å²) >= 11 is 0. The molecule has 7 nitrogen and oxygen atoms in total. The molecule has 1 heterocycles. The lowest BCUT2D eigenvalue weighted by molar-refractivity contribution is -0.114. The van der Waals surface area contributed by atoms with Crippen LogP contribution in [0.4, 0.5) is 5.69 Å². The molecule has 1 fully saturated rings. The number of benzene rings is 2. The number of ether oxygens (including phenoxy) is 1. The first-order valence-corrected chi connectivity index (χ1v) is 11.5. The lowest BCUT2D eigenvalue weighted by Gasteiger charge is -2.27. The SMILES string of the molecule is CCNC(=NCC(c1ccccc1)N1CCCC1)NCCOc1cccc(NC(C)=O)c1. The Bertz CT molecular complexity index is 866.